The zero-order valence-electron chi connectivity index (χ0n) is 22.3. The first-order valence-electron chi connectivity index (χ1n) is 13.3. The van der Waals surface area contributed by atoms with Crippen LogP contribution in [0.25, 0.3) is 11.0 Å². The van der Waals surface area contributed by atoms with Crippen molar-refractivity contribution in [2.24, 2.45) is 0 Å². The van der Waals surface area contributed by atoms with Crippen LogP contribution in [0, 0.1) is 11.6 Å². The van der Waals surface area contributed by atoms with Gasteiger partial charge < -0.3 is 19.1 Å². The van der Waals surface area contributed by atoms with Gasteiger partial charge in [-0.05, 0) is 75.3 Å². The van der Waals surface area contributed by atoms with E-state index in [1.807, 2.05) is 19.1 Å². The van der Waals surface area contributed by atoms with Gasteiger partial charge in [0.25, 0.3) is 0 Å². The van der Waals surface area contributed by atoms with E-state index in [1.54, 1.807) is 12.0 Å². The maximum Gasteiger partial charge on any atom is 0.414 e. The van der Waals surface area contributed by atoms with Crippen molar-refractivity contribution in [2.75, 3.05) is 19.1 Å². The van der Waals surface area contributed by atoms with E-state index in [4.69, 9.17) is 14.5 Å². The highest BCUT2D eigenvalue weighted by atomic mass is 19.2. The SMILES string of the molecule is COC(=O)N1c2ccc3c(nc(CC(C(=O)O)c4ccc(F)c(F)c4)n3[C@H]3CC[C@H](OC)CC3)c2CC[C@@H]1C. The molecule has 3 aromatic rings. The molecule has 10 heteroatoms. The summed E-state index contributed by atoms with van der Waals surface area (Å²) in [6.07, 6.45) is 4.58. The number of rotatable bonds is 6. The molecule has 1 fully saturated rings. The van der Waals surface area contributed by atoms with Gasteiger partial charge in [0.2, 0.25) is 0 Å². The number of methoxy groups -OCH3 is 2. The molecular formula is C29H33F2N3O5. The van der Waals surface area contributed by atoms with Crippen LogP contribution >= 0.6 is 0 Å². The smallest absolute Gasteiger partial charge is 0.414 e. The fourth-order valence-electron chi connectivity index (χ4n) is 6.17. The number of carbonyl (C=O) groups excluding carboxylic acids is 1. The lowest BCUT2D eigenvalue weighted by Gasteiger charge is -2.34. The zero-order chi connectivity index (χ0) is 27.8. The number of carboxylic acid groups (broad SMARTS) is 1. The highest BCUT2D eigenvalue weighted by Gasteiger charge is 2.34. The molecular weight excluding hydrogens is 508 g/mol. The zero-order valence-corrected chi connectivity index (χ0v) is 22.3. The predicted molar refractivity (Wildman–Crippen MR) is 141 cm³/mol. The number of ether oxygens (including phenoxy) is 2. The molecule has 2 aliphatic rings. The van der Waals surface area contributed by atoms with Gasteiger partial charge in [-0.3, -0.25) is 9.69 Å². The van der Waals surface area contributed by atoms with E-state index in [9.17, 15) is 23.5 Å². The van der Waals surface area contributed by atoms with Crippen LogP contribution in [0.4, 0.5) is 19.3 Å². The summed E-state index contributed by atoms with van der Waals surface area (Å²) in [5, 5.41) is 10.1. The normalized spacial score (nSPS) is 22.0. The monoisotopic (exact) mass is 541 g/mol. The van der Waals surface area contributed by atoms with Crippen LogP contribution in [0.3, 0.4) is 0 Å². The lowest BCUT2D eigenvalue weighted by Crippen LogP contribution is -2.42. The third kappa shape index (κ3) is 4.97. The number of aliphatic carboxylic acids is 1. The summed E-state index contributed by atoms with van der Waals surface area (Å²) in [5.74, 6) is -3.80. The Hall–Kier alpha value is -3.53. The summed E-state index contributed by atoms with van der Waals surface area (Å²) in [4.78, 5) is 31.6. The molecule has 0 spiro atoms. The molecule has 2 heterocycles. The van der Waals surface area contributed by atoms with Crippen molar-refractivity contribution < 1.29 is 33.0 Å². The average Bonchev–Trinajstić information content (AvgIpc) is 3.31. The van der Waals surface area contributed by atoms with E-state index in [0.717, 1.165) is 66.5 Å². The van der Waals surface area contributed by atoms with Gasteiger partial charge in [0, 0.05) is 31.2 Å². The van der Waals surface area contributed by atoms with Gasteiger partial charge in [-0.2, -0.15) is 0 Å². The number of anilines is 1. The van der Waals surface area contributed by atoms with Gasteiger partial charge in [-0.1, -0.05) is 6.07 Å². The van der Waals surface area contributed by atoms with Gasteiger partial charge in [0.15, 0.2) is 11.6 Å². The Morgan fingerprint density at radius 3 is 2.46 bits per heavy atom. The number of fused-ring (bicyclic) bond motifs is 3. The number of hydrogen-bond acceptors (Lipinski definition) is 5. The second-order valence-corrected chi connectivity index (χ2v) is 10.5. The van der Waals surface area contributed by atoms with Crippen molar-refractivity contribution in [2.45, 2.75) is 76.0 Å². The number of imidazole rings is 1. The molecule has 0 radical (unpaired) electrons. The van der Waals surface area contributed by atoms with E-state index in [0.29, 0.717) is 12.2 Å². The maximum absolute atomic E-state index is 14.1. The van der Waals surface area contributed by atoms with Crippen molar-refractivity contribution in [1.82, 2.24) is 9.55 Å². The second kappa shape index (κ2) is 10.9. The predicted octanol–water partition coefficient (Wildman–Crippen LogP) is 5.76. The summed E-state index contributed by atoms with van der Waals surface area (Å²) in [7, 11) is 3.07. The molecule has 1 amide bonds. The molecule has 8 nitrogen and oxygen atoms in total. The minimum atomic E-state index is -1.14. The van der Waals surface area contributed by atoms with Crippen molar-refractivity contribution in [3.63, 3.8) is 0 Å². The fraction of sp³-hybridized carbons (Fsp3) is 0.483. The summed E-state index contributed by atoms with van der Waals surface area (Å²) < 4.78 is 40.4. The first-order valence-corrected chi connectivity index (χ1v) is 13.3. The first-order chi connectivity index (χ1) is 18.7. The summed E-state index contributed by atoms with van der Waals surface area (Å²) in [6.45, 7) is 1.97. The molecule has 1 aliphatic heterocycles. The maximum atomic E-state index is 14.1. The molecule has 0 saturated heterocycles. The van der Waals surface area contributed by atoms with Gasteiger partial charge in [-0.25, -0.2) is 18.6 Å². The first kappa shape index (κ1) is 27.1. The van der Waals surface area contributed by atoms with E-state index < -0.39 is 29.6 Å². The van der Waals surface area contributed by atoms with Crippen molar-refractivity contribution in [3.8, 4) is 0 Å². The number of aromatic nitrogens is 2. The van der Waals surface area contributed by atoms with Crippen LogP contribution in [0.15, 0.2) is 30.3 Å². The summed E-state index contributed by atoms with van der Waals surface area (Å²) in [6, 6.07) is 7.10. The number of aryl methyl sites for hydroxylation is 1. The van der Waals surface area contributed by atoms with Crippen molar-refractivity contribution >= 4 is 28.8 Å². The minimum Gasteiger partial charge on any atom is -0.481 e. The standard InChI is InChI=1S/C29H33F2N3O5/c1-16-4-10-20-24(33(16)29(37)39-3)12-13-25-27(20)32-26(34(25)18-6-8-19(38-2)9-7-18)15-21(28(35)36)17-5-11-22(30)23(31)14-17/h5,11-14,16,18-19,21H,4,6-10,15H2,1-3H3,(H,35,36)/t16-,18-,19-,21?/m0/s1. The molecule has 0 bridgehead atoms. The van der Waals surface area contributed by atoms with Crippen LogP contribution in [-0.4, -0.2) is 53.1 Å². The largest absolute Gasteiger partial charge is 0.481 e. The fourth-order valence-corrected chi connectivity index (χ4v) is 6.17. The molecule has 5 rings (SSSR count). The summed E-state index contributed by atoms with van der Waals surface area (Å²) in [5.41, 5.74) is 3.44. The van der Waals surface area contributed by atoms with Crippen LogP contribution in [0.2, 0.25) is 0 Å². The molecule has 39 heavy (non-hydrogen) atoms. The van der Waals surface area contributed by atoms with Gasteiger partial charge in [-0.15, -0.1) is 0 Å². The number of hydrogen-bond donors (Lipinski definition) is 1. The Balaban J connectivity index is 1.63. The van der Waals surface area contributed by atoms with Crippen molar-refractivity contribution in [3.05, 3.63) is 58.9 Å². The van der Waals surface area contributed by atoms with E-state index in [-0.39, 0.29) is 30.2 Å². The molecule has 1 unspecified atom stereocenters. The Labute approximate surface area is 225 Å². The Morgan fingerprint density at radius 1 is 1.08 bits per heavy atom. The summed E-state index contributed by atoms with van der Waals surface area (Å²) >= 11 is 0. The number of amides is 1. The molecule has 2 atom stereocenters. The van der Waals surface area contributed by atoms with Crippen LogP contribution in [0.1, 0.15) is 67.9 Å². The number of carboxylic acids is 1. The molecule has 2 aromatic carbocycles. The highest BCUT2D eigenvalue weighted by Crippen LogP contribution is 2.40. The van der Waals surface area contributed by atoms with Crippen LogP contribution < -0.4 is 4.90 Å². The van der Waals surface area contributed by atoms with Crippen molar-refractivity contribution in [1.29, 1.82) is 0 Å². The lowest BCUT2D eigenvalue weighted by atomic mass is 9.91. The number of nitrogens with zero attached hydrogens (tertiary/aromatic N) is 3. The molecule has 1 N–H and O–H groups in total. The topological polar surface area (TPSA) is 93.9 Å². The van der Waals surface area contributed by atoms with Crippen LogP contribution in [0.5, 0.6) is 0 Å². The Bertz CT molecular complexity index is 1400. The number of halogens is 2. The minimum absolute atomic E-state index is 0.00514. The van der Waals surface area contributed by atoms with E-state index in [2.05, 4.69) is 4.57 Å². The second-order valence-electron chi connectivity index (χ2n) is 10.5. The average molecular weight is 542 g/mol. The molecule has 1 saturated carbocycles. The number of benzene rings is 2. The third-order valence-corrected chi connectivity index (χ3v) is 8.27. The van der Waals surface area contributed by atoms with E-state index >= 15 is 0 Å². The van der Waals surface area contributed by atoms with Gasteiger partial charge >= 0.3 is 12.1 Å². The molecule has 208 valence electrons. The quantitative estimate of drug-likeness (QED) is 0.426. The third-order valence-electron chi connectivity index (χ3n) is 8.27. The van der Waals surface area contributed by atoms with Crippen LogP contribution in [-0.2, 0) is 27.1 Å². The van der Waals surface area contributed by atoms with Gasteiger partial charge in [0.1, 0.15) is 5.82 Å². The lowest BCUT2D eigenvalue weighted by molar-refractivity contribution is -0.138. The van der Waals surface area contributed by atoms with Gasteiger partial charge in [0.05, 0.1) is 35.9 Å². The molecule has 1 aliphatic carbocycles. The van der Waals surface area contributed by atoms with E-state index in [1.165, 1.54) is 13.2 Å². The highest BCUT2D eigenvalue weighted by molar-refractivity contribution is 5.95. The Kier molecular flexibility index (Phi) is 7.57. The number of carbonyl (C=O) groups is 2. The molecule has 1 aromatic heterocycles. The Morgan fingerprint density at radius 2 is 1.82 bits per heavy atom.